The minimum absolute atomic E-state index is 0. The summed E-state index contributed by atoms with van der Waals surface area (Å²) in [5, 5.41) is 1.19. The van der Waals surface area contributed by atoms with Gasteiger partial charge < -0.3 is 4.52 Å². The second-order valence-electron chi connectivity index (χ2n) is 2.15. The van der Waals surface area contributed by atoms with Crippen LogP contribution in [0.4, 0.5) is 22.0 Å². The van der Waals surface area contributed by atoms with Crippen LogP contribution in [0.3, 0.4) is 0 Å². The molecule has 1 aromatic rings. The van der Waals surface area contributed by atoms with E-state index in [1.165, 1.54) is 5.16 Å². The molecule has 1 rings (SSSR count). The van der Waals surface area contributed by atoms with E-state index in [1.807, 2.05) is 0 Å². The fraction of sp³-hybridized carbons (Fsp3) is 0.400. The molecule has 1 radical (unpaired) electrons. The van der Waals surface area contributed by atoms with Crippen molar-refractivity contribution in [3.63, 3.8) is 0 Å². The maximum absolute atomic E-state index is 12.3. The van der Waals surface area contributed by atoms with Crippen LogP contribution in [0.1, 0.15) is 5.69 Å². The molecule has 0 spiro atoms. The van der Waals surface area contributed by atoms with Gasteiger partial charge in [0.2, 0.25) is 0 Å². The van der Waals surface area contributed by atoms with E-state index in [0.29, 0.717) is 0 Å². The van der Waals surface area contributed by atoms with Crippen LogP contribution in [0, 0.1) is 0 Å². The molecule has 0 aromatic carbocycles. The van der Waals surface area contributed by atoms with Crippen LogP contribution in [0.15, 0.2) is 15.4 Å². The first kappa shape index (κ1) is 13.7. The van der Waals surface area contributed by atoms with Gasteiger partial charge in [-0.3, -0.25) is 0 Å². The maximum atomic E-state index is 12.3. The van der Waals surface area contributed by atoms with Gasteiger partial charge in [0.15, 0.2) is 0 Å². The molecule has 14 heavy (non-hydrogen) atoms. The maximum Gasteiger partial charge on any atom is 0.459 e. The summed E-state index contributed by atoms with van der Waals surface area (Å²) in [6.07, 6.45) is -5.75. The van der Waals surface area contributed by atoms with Crippen molar-refractivity contribution in [1.82, 2.24) is 5.16 Å². The average molecular weight is 226 g/mol. The molecule has 0 aliphatic rings. The molecule has 3 nitrogen and oxygen atoms in total. The third-order valence-corrected chi connectivity index (χ3v) is 1.22. The van der Waals surface area contributed by atoms with Gasteiger partial charge >= 0.3 is 17.7 Å². The predicted molar refractivity (Wildman–Crippen MR) is 35.0 cm³/mol. The molecule has 9 heteroatoms. The van der Waals surface area contributed by atoms with E-state index >= 15 is 0 Å². The van der Waals surface area contributed by atoms with E-state index in [4.69, 9.17) is 0 Å². The van der Waals surface area contributed by atoms with Gasteiger partial charge in [-0.2, -0.15) is 22.0 Å². The summed E-state index contributed by atoms with van der Waals surface area (Å²) in [6.45, 7) is 0. The second-order valence-corrected chi connectivity index (χ2v) is 2.15. The number of hydrogen-bond donors (Lipinski definition) is 1. The molecule has 0 saturated carbocycles. The van der Waals surface area contributed by atoms with E-state index in [1.54, 1.807) is 0 Å². The predicted octanol–water partition coefficient (Wildman–Crippen LogP) is 1.24. The Morgan fingerprint density at radius 2 is 1.71 bits per heavy atom. The molecule has 0 atom stereocenters. The Morgan fingerprint density at radius 1 is 1.21 bits per heavy atom. The molecular weight excluding hydrogens is 224 g/mol. The minimum atomic E-state index is -5.75. The fourth-order valence-electron chi connectivity index (χ4n) is 0.589. The summed E-state index contributed by atoms with van der Waals surface area (Å²) in [7, 11) is 0. The van der Waals surface area contributed by atoms with Crippen molar-refractivity contribution < 1.29 is 26.5 Å². The quantitative estimate of drug-likeness (QED) is 0.578. The Hall–Kier alpha value is -0.340. The molecule has 0 fully saturated rings. The van der Waals surface area contributed by atoms with Crippen LogP contribution < -0.4 is 5.63 Å². The van der Waals surface area contributed by atoms with Crippen LogP contribution in [0.2, 0.25) is 0 Å². The molecule has 0 aliphatic carbocycles. The number of rotatable bonds is 1. The molecule has 1 heterocycles. The van der Waals surface area contributed by atoms with Crippen molar-refractivity contribution >= 4 is 29.6 Å². The number of H-pyrrole nitrogens is 1. The van der Waals surface area contributed by atoms with Crippen molar-refractivity contribution in [2.45, 2.75) is 12.1 Å². The smallest absolute Gasteiger partial charge is 0.339 e. The normalized spacial score (nSPS) is 12.4. The molecule has 0 amide bonds. The summed E-state index contributed by atoms with van der Waals surface area (Å²) in [5.41, 5.74) is -2.90. The van der Waals surface area contributed by atoms with Crippen LogP contribution >= 0.6 is 0 Å². The summed E-state index contributed by atoms with van der Waals surface area (Å²) < 4.78 is 63.2. The minimum Gasteiger partial charge on any atom is -0.339 e. The van der Waals surface area contributed by atoms with Gasteiger partial charge in [0.05, 0.1) is 6.07 Å². The Balaban J connectivity index is 0.00000169. The molecular formula is C5H2F5NNaO2. The van der Waals surface area contributed by atoms with E-state index in [2.05, 4.69) is 4.52 Å². The average Bonchev–Trinajstić information content (AvgIpc) is 2.33. The third kappa shape index (κ3) is 2.37. The van der Waals surface area contributed by atoms with Crippen molar-refractivity contribution in [3.8, 4) is 0 Å². The zero-order valence-electron chi connectivity index (χ0n) is 6.78. The van der Waals surface area contributed by atoms with Crippen LogP contribution in [-0.4, -0.2) is 40.9 Å². The van der Waals surface area contributed by atoms with Gasteiger partial charge in [-0.25, -0.2) is 9.95 Å². The molecule has 1 aromatic heterocycles. The van der Waals surface area contributed by atoms with Gasteiger partial charge in [-0.05, 0) is 0 Å². The summed E-state index contributed by atoms with van der Waals surface area (Å²) in [6, 6.07) is 0.0491. The van der Waals surface area contributed by atoms with Crippen LogP contribution in [-0.2, 0) is 5.92 Å². The van der Waals surface area contributed by atoms with E-state index in [-0.39, 0.29) is 35.6 Å². The zero-order valence-corrected chi connectivity index (χ0v) is 8.78. The number of nitrogens with one attached hydrogen (secondary N) is 1. The van der Waals surface area contributed by atoms with Gasteiger partial charge in [0.25, 0.3) is 0 Å². The molecule has 75 valence electrons. The number of aromatic amines is 1. The van der Waals surface area contributed by atoms with E-state index in [9.17, 15) is 26.7 Å². The standard InChI is InChI=1S/C5H2F5NO2.Na/c6-4(7,5(8,9)10)2-1-3(12)13-11-2;/h1,11H;. The van der Waals surface area contributed by atoms with Gasteiger partial charge in [0, 0.05) is 29.6 Å². The number of aromatic nitrogens is 1. The Kier molecular flexibility index (Phi) is 3.93. The summed E-state index contributed by atoms with van der Waals surface area (Å²) >= 11 is 0. The summed E-state index contributed by atoms with van der Waals surface area (Å²) in [4.78, 5) is 10.2. The third-order valence-electron chi connectivity index (χ3n) is 1.22. The largest absolute Gasteiger partial charge is 0.459 e. The number of halogens is 5. The fourth-order valence-corrected chi connectivity index (χ4v) is 0.589. The Bertz CT molecular complexity index is 353. The van der Waals surface area contributed by atoms with Gasteiger partial charge in [0.1, 0.15) is 5.69 Å². The summed E-state index contributed by atoms with van der Waals surface area (Å²) in [5.74, 6) is -5.10. The number of hydrogen-bond acceptors (Lipinski definition) is 2. The Morgan fingerprint density at radius 3 is 2.00 bits per heavy atom. The van der Waals surface area contributed by atoms with Crippen LogP contribution in [0.25, 0.3) is 0 Å². The molecule has 0 bridgehead atoms. The first-order chi connectivity index (χ1) is 5.75. The van der Waals surface area contributed by atoms with Gasteiger partial charge in [-0.1, -0.05) is 0 Å². The first-order valence-electron chi connectivity index (χ1n) is 2.88. The first-order valence-corrected chi connectivity index (χ1v) is 2.88. The topological polar surface area (TPSA) is 46.0 Å². The monoisotopic (exact) mass is 226 g/mol. The Labute approximate surface area is 95.5 Å². The van der Waals surface area contributed by atoms with Crippen molar-refractivity contribution in [2.24, 2.45) is 0 Å². The van der Waals surface area contributed by atoms with Crippen molar-refractivity contribution in [1.29, 1.82) is 0 Å². The molecule has 0 unspecified atom stereocenters. The SMILES string of the molecule is O=c1cc(C(F)(F)C(F)(F)F)[nH]o1.[Na]. The zero-order chi connectivity index (χ0) is 10.3. The molecule has 0 aliphatic heterocycles. The van der Waals surface area contributed by atoms with E-state index in [0.717, 1.165) is 0 Å². The van der Waals surface area contributed by atoms with Crippen molar-refractivity contribution in [2.75, 3.05) is 0 Å². The molecule has 0 saturated heterocycles. The molecule has 1 N–H and O–H groups in total. The van der Waals surface area contributed by atoms with Crippen LogP contribution in [0.5, 0.6) is 0 Å². The van der Waals surface area contributed by atoms with Gasteiger partial charge in [-0.15, -0.1) is 0 Å². The number of alkyl halides is 5. The van der Waals surface area contributed by atoms with Crippen molar-refractivity contribution in [3.05, 3.63) is 22.2 Å². The second kappa shape index (κ2) is 4.03. The van der Waals surface area contributed by atoms with E-state index < -0.39 is 23.4 Å².